The number of hydrogen-bond donors (Lipinski definition) is 0. The molecule has 0 aromatic heterocycles. The van der Waals surface area contributed by atoms with Crippen molar-refractivity contribution in [3.63, 3.8) is 0 Å². The Balaban J connectivity index is 0.794. The Hall–Kier alpha value is -9.19. The van der Waals surface area contributed by atoms with E-state index in [4.69, 9.17) is 0 Å². The molecule has 3 aliphatic carbocycles. The summed E-state index contributed by atoms with van der Waals surface area (Å²) in [5.41, 5.74) is 20.0. The van der Waals surface area contributed by atoms with Crippen molar-refractivity contribution in [2.75, 3.05) is 0 Å². The van der Waals surface area contributed by atoms with Gasteiger partial charge in [0.1, 0.15) is 16.1 Å². The van der Waals surface area contributed by atoms with Crippen LogP contribution >= 0.6 is 0 Å². The molecule has 3 aliphatic rings. The minimum Gasteiger partial charge on any atom is -0.0753 e. The normalized spacial score (nSPS) is 14.8. The van der Waals surface area contributed by atoms with Crippen molar-refractivity contribution in [2.24, 2.45) is 0 Å². The second kappa shape index (κ2) is 18.7. The molecule has 13 aromatic carbocycles. The fourth-order valence-electron chi connectivity index (χ4n) is 14.9. The van der Waals surface area contributed by atoms with Gasteiger partial charge in [-0.2, -0.15) is 0 Å². The molecule has 0 amide bonds. The third-order valence-corrected chi connectivity index (χ3v) is 26.2. The van der Waals surface area contributed by atoms with Crippen LogP contribution in [-0.2, 0) is 6.42 Å². The molecule has 0 saturated carbocycles. The van der Waals surface area contributed by atoms with E-state index in [0.29, 0.717) is 0 Å². The molecule has 82 heavy (non-hydrogen) atoms. The Labute approximate surface area is 482 Å². The molecule has 0 saturated heterocycles. The van der Waals surface area contributed by atoms with Crippen LogP contribution in [0.2, 0.25) is 26.2 Å². The molecular formula is C80H60Si2. The summed E-state index contributed by atoms with van der Waals surface area (Å²) >= 11 is 0. The molecule has 1 unspecified atom stereocenters. The lowest BCUT2D eigenvalue weighted by Gasteiger charge is -2.38. The van der Waals surface area contributed by atoms with Crippen LogP contribution in [0.5, 0.6) is 0 Å². The second-order valence-corrected chi connectivity index (χ2v) is 32.9. The van der Waals surface area contributed by atoms with Crippen molar-refractivity contribution < 1.29 is 0 Å². The maximum Gasteiger partial charge on any atom is 0.113 e. The average molecular weight is 1080 g/mol. The zero-order valence-electron chi connectivity index (χ0n) is 46.8. The summed E-state index contributed by atoms with van der Waals surface area (Å²) in [6.45, 7) is 10.2. The van der Waals surface area contributed by atoms with Crippen molar-refractivity contribution in [1.82, 2.24) is 0 Å². The van der Waals surface area contributed by atoms with Crippen molar-refractivity contribution in [2.45, 2.75) is 38.5 Å². The maximum absolute atomic E-state index is 2.56. The van der Waals surface area contributed by atoms with E-state index in [1.807, 2.05) is 0 Å². The van der Waals surface area contributed by atoms with Crippen LogP contribution in [0.15, 0.2) is 278 Å². The molecular weight excluding hydrogens is 1020 g/mol. The molecule has 2 heteroatoms. The Morgan fingerprint density at radius 1 is 0.366 bits per heavy atom. The molecule has 16 rings (SSSR count). The van der Waals surface area contributed by atoms with Crippen LogP contribution in [0.1, 0.15) is 28.2 Å². The second-order valence-electron chi connectivity index (χ2n) is 24.2. The van der Waals surface area contributed by atoms with E-state index < -0.39 is 16.1 Å². The first-order valence-electron chi connectivity index (χ1n) is 29.2. The molecule has 13 aromatic rings. The molecule has 0 nitrogen and oxygen atoms in total. The first kappa shape index (κ1) is 48.7. The van der Waals surface area contributed by atoms with Crippen LogP contribution in [0.3, 0.4) is 0 Å². The quantitative estimate of drug-likeness (QED) is 0.0768. The topological polar surface area (TPSA) is 0 Å². The highest BCUT2D eigenvalue weighted by Gasteiger charge is 2.38. The molecule has 388 valence electrons. The summed E-state index contributed by atoms with van der Waals surface area (Å²) in [5.74, 6) is 0.273. The Morgan fingerprint density at radius 2 is 0.902 bits per heavy atom. The first-order chi connectivity index (χ1) is 40.2. The monoisotopic (exact) mass is 1080 g/mol. The number of hydrogen-bond acceptors (Lipinski definition) is 0. The van der Waals surface area contributed by atoms with Crippen molar-refractivity contribution in [3.05, 3.63) is 300 Å². The average Bonchev–Trinajstić information content (AvgIpc) is 3.39. The van der Waals surface area contributed by atoms with E-state index in [9.17, 15) is 0 Å². The van der Waals surface area contributed by atoms with Crippen LogP contribution in [-0.4, -0.2) is 16.1 Å². The molecule has 0 fully saturated rings. The van der Waals surface area contributed by atoms with Gasteiger partial charge in [0, 0.05) is 5.92 Å². The molecule has 1 atom stereocenters. The Bertz CT molecular complexity index is 4880. The van der Waals surface area contributed by atoms with Gasteiger partial charge in [-0.25, -0.2) is 0 Å². The Kier molecular flexibility index (Phi) is 11.1. The number of allylic oxidation sites excluding steroid dienone is 7. The van der Waals surface area contributed by atoms with Gasteiger partial charge >= 0.3 is 0 Å². The standard InChI is InChI=1S/C80H60Si2/c1-81(2,73-47-38-57-35-44-67-63(52-20-10-6-11-21-52)43-34-56-36-46-70(73)78(57)77(56)67)61-39-30-54(31-40-61)75-64-26-14-15-27-65(64)76(72-48-58(37-45-68(72)75)51-18-8-5-9-19-51)55-32-41-62(42-33-55)82(3,4)74-50-60-25-16-28-66-71(53-22-12-7-13-23-53)49-59-24-17-29-69(74)80(59)79(60)66/h5-34,36-50,77H,35H2,1-4H3. The fourth-order valence-corrected chi connectivity index (χ4v) is 20.3. The lowest BCUT2D eigenvalue weighted by molar-refractivity contribution is 0.900. The van der Waals surface area contributed by atoms with E-state index in [1.54, 1.807) is 0 Å². The summed E-state index contributed by atoms with van der Waals surface area (Å²) in [6.07, 6.45) is 13.0. The highest BCUT2D eigenvalue weighted by Crippen LogP contribution is 2.51. The maximum atomic E-state index is 2.56. The van der Waals surface area contributed by atoms with Gasteiger partial charge in [0.2, 0.25) is 0 Å². The molecule has 0 N–H and O–H groups in total. The van der Waals surface area contributed by atoms with Crippen molar-refractivity contribution in [3.8, 4) is 44.5 Å². The molecule has 0 aliphatic heterocycles. The van der Waals surface area contributed by atoms with Gasteiger partial charge in [0.15, 0.2) is 0 Å². The van der Waals surface area contributed by atoms with Gasteiger partial charge in [-0.1, -0.05) is 297 Å². The van der Waals surface area contributed by atoms with E-state index in [1.165, 1.54) is 158 Å². The summed E-state index contributed by atoms with van der Waals surface area (Å²) in [5, 5.41) is 19.1. The summed E-state index contributed by atoms with van der Waals surface area (Å²) in [7, 11) is -4.48. The predicted octanol–water partition coefficient (Wildman–Crippen LogP) is 18.8. The van der Waals surface area contributed by atoms with Gasteiger partial charge in [-0.3, -0.25) is 0 Å². The molecule has 0 heterocycles. The highest BCUT2D eigenvalue weighted by atomic mass is 28.3. The van der Waals surface area contributed by atoms with Crippen LogP contribution in [0.25, 0.3) is 110 Å². The smallest absolute Gasteiger partial charge is 0.0753 e. The third-order valence-electron chi connectivity index (χ3n) is 19.1. The zero-order chi connectivity index (χ0) is 54.8. The number of rotatable bonds is 9. The number of fused-ring (bicyclic) bond motifs is 2. The van der Waals surface area contributed by atoms with Crippen LogP contribution in [0, 0.1) is 0 Å². The van der Waals surface area contributed by atoms with Crippen LogP contribution < -0.4 is 20.7 Å². The minimum atomic E-state index is -2.27. The molecule has 0 spiro atoms. The number of benzene rings is 13. The fraction of sp³-hybridized carbons (Fsp3) is 0.0750. The van der Waals surface area contributed by atoms with Crippen molar-refractivity contribution in [1.29, 1.82) is 0 Å². The van der Waals surface area contributed by atoms with E-state index in [2.05, 4.69) is 299 Å². The molecule has 0 radical (unpaired) electrons. The van der Waals surface area contributed by atoms with Gasteiger partial charge in [-0.05, 0) is 166 Å². The largest absolute Gasteiger partial charge is 0.113 e. The summed E-state index contributed by atoms with van der Waals surface area (Å²) in [4.78, 5) is 0. The lowest BCUT2D eigenvalue weighted by Crippen LogP contribution is -2.54. The molecule has 0 bridgehead atoms. The zero-order valence-corrected chi connectivity index (χ0v) is 48.8. The first-order valence-corrected chi connectivity index (χ1v) is 35.2. The predicted molar refractivity (Wildman–Crippen MR) is 359 cm³/mol. The van der Waals surface area contributed by atoms with E-state index in [-0.39, 0.29) is 5.92 Å². The summed E-state index contributed by atoms with van der Waals surface area (Å²) < 4.78 is 0. The summed E-state index contributed by atoms with van der Waals surface area (Å²) in [6, 6.07) is 92.4. The Morgan fingerprint density at radius 3 is 1.57 bits per heavy atom. The SMILES string of the molecule is C[Si](C)(c1ccc(-c2c3ccccc3c(-c3ccc([Si](C)(C)c4cc5cccc6c(-c7ccccc7)cc7cccc4c7c56)cc3)c3cc(-c4ccccc4)ccc23)cc1)c1ccc2c3c1C=CC1=CC=C(c4ccccc4)C(=CC2)C13. The lowest BCUT2D eigenvalue weighted by atomic mass is 9.68. The van der Waals surface area contributed by atoms with Gasteiger partial charge in [0.05, 0.1) is 0 Å². The van der Waals surface area contributed by atoms with E-state index in [0.717, 1.165) is 6.42 Å². The highest BCUT2D eigenvalue weighted by molar-refractivity contribution is 7.02. The van der Waals surface area contributed by atoms with Crippen LogP contribution in [0.4, 0.5) is 0 Å². The van der Waals surface area contributed by atoms with Gasteiger partial charge in [-0.15, -0.1) is 0 Å². The van der Waals surface area contributed by atoms with Gasteiger partial charge < -0.3 is 0 Å². The van der Waals surface area contributed by atoms with E-state index >= 15 is 0 Å². The third kappa shape index (κ3) is 7.48. The minimum absolute atomic E-state index is 0.273. The van der Waals surface area contributed by atoms with Crippen molar-refractivity contribution >= 4 is 102 Å². The van der Waals surface area contributed by atoms with Gasteiger partial charge in [0.25, 0.3) is 0 Å².